The molecule has 1 N–H and O–H groups in total. The summed E-state index contributed by atoms with van der Waals surface area (Å²) >= 11 is 6.24. The Hall–Kier alpha value is -1.78. The highest BCUT2D eigenvalue weighted by atomic mass is 35.5. The Labute approximate surface area is 153 Å². The summed E-state index contributed by atoms with van der Waals surface area (Å²) in [7, 11) is 1.63. The van der Waals surface area contributed by atoms with Gasteiger partial charge in [0.15, 0.2) is 11.5 Å². The fourth-order valence-electron chi connectivity index (χ4n) is 3.31. The number of hydrogen-bond donors (Lipinski definition) is 1. The number of aliphatic hydroxyl groups is 1. The molecule has 0 amide bonds. The van der Waals surface area contributed by atoms with E-state index in [9.17, 15) is 5.11 Å². The van der Waals surface area contributed by atoms with Crippen LogP contribution in [-0.4, -0.2) is 23.3 Å². The SMILES string of the molecule is COc1ccc(C(O)Cc2c(C)cncc2Cl)cc1OC1CCCC1. The van der Waals surface area contributed by atoms with Crippen molar-refractivity contribution < 1.29 is 14.6 Å². The number of rotatable bonds is 6. The van der Waals surface area contributed by atoms with Crippen LogP contribution in [-0.2, 0) is 6.42 Å². The molecule has 4 nitrogen and oxygen atoms in total. The molecular formula is C20H24ClNO3. The van der Waals surface area contributed by atoms with Crippen molar-refractivity contribution in [3.8, 4) is 11.5 Å². The lowest BCUT2D eigenvalue weighted by atomic mass is 9.99. The number of nitrogens with zero attached hydrogens (tertiary/aromatic N) is 1. The predicted molar refractivity (Wildman–Crippen MR) is 98.5 cm³/mol. The lowest BCUT2D eigenvalue weighted by Crippen LogP contribution is -2.12. The molecule has 0 saturated heterocycles. The maximum atomic E-state index is 10.7. The van der Waals surface area contributed by atoms with Gasteiger partial charge in [-0.25, -0.2) is 0 Å². The predicted octanol–water partition coefficient (Wildman–Crippen LogP) is 4.65. The first-order valence-corrected chi connectivity index (χ1v) is 9.08. The first kappa shape index (κ1) is 18.0. The topological polar surface area (TPSA) is 51.6 Å². The Bertz CT molecular complexity index is 709. The molecule has 0 bridgehead atoms. The maximum Gasteiger partial charge on any atom is 0.161 e. The molecule has 1 unspecified atom stereocenters. The molecule has 1 saturated carbocycles. The summed E-state index contributed by atoms with van der Waals surface area (Å²) in [5.41, 5.74) is 2.68. The normalized spacial score (nSPS) is 16.0. The Morgan fingerprint density at radius 3 is 2.68 bits per heavy atom. The van der Waals surface area contributed by atoms with Gasteiger partial charge in [0.05, 0.1) is 24.3 Å². The third-order valence-electron chi connectivity index (χ3n) is 4.79. The molecule has 1 fully saturated rings. The summed E-state index contributed by atoms with van der Waals surface area (Å²) in [6.07, 6.45) is 7.92. The van der Waals surface area contributed by atoms with Crippen LogP contribution in [0.25, 0.3) is 0 Å². The Kier molecular flexibility index (Phi) is 5.82. The first-order valence-electron chi connectivity index (χ1n) is 8.70. The van der Waals surface area contributed by atoms with Crippen molar-refractivity contribution in [1.29, 1.82) is 0 Å². The number of halogens is 1. The summed E-state index contributed by atoms with van der Waals surface area (Å²) in [6, 6.07) is 5.60. The highest BCUT2D eigenvalue weighted by Gasteiger charge is 2.20. The number of aromatic nitrogens is 1. The van der Waals surface area contributed by atoms with Gasteiger partial charge in [-0.1, -0.05) is 17.7 Å². The summed E-state index contributed by atoms with van der Waals surface area (Å²) in [4.78, 5) is 4.07. The zero-order chi connectivity index (χ0) is 17.8. The smallest absolute Gasteiger partial charge is 0.161 e. The first-order chi connectivity index (χ1) is 12.1. The third kappa shape index (κ3) is 4.25. The van der Waals surface area contributed by atoms with Crippen LogP contribution in [0.4, 0.5) is 0 Å². The van der Waals surface area contributed by atoms with E-state index in [1.807, 2.05) is 25.1 Å². The van der Waals surface area contributed by atoms with E-state index in [0.717, 1.165) is 29.5 Å². The second-order valence-corrected chi connectivity index (χ2v) is 6.98. The van der Waals surface area contributed by atoms with E-state index in [-0.39, 0.29) is 6.10 Å². The Morgan fingerprint density at radius 2 is 2.00 bits per heavy atom. The van der Waals surface area contributed by atoms with Gasteiger partial charge in [-0.05, 0) is 61.4 Å². The van der Waals surface area contributed by atoms with Crippen LogP contribution in [0.2, 0.25) is 5.02 Å². The van der Waals surface area contributed by atoms with Crippen LogP contribution < -0.4 is 9.47 Å². The monoisotopic (exact) mass is 361 g/mol. The quantitative estimate of drug-likeness (QED) is 0.813. The van der Waals surface area contributed by atoms with Crippen LogP contribution in [0.1, 0.15) is 48.5 Å². The van der Waals surface area contributed by atoms with Crippen molar-refractivity contribution in [2.24, 2.45) is 0 Å². The number of aryl methyl sites for hydroxylation is 1. The molecular weight excluding hydrogens is 338 g/mol. The van der Waals surface area contributed by atoms with Crippen molar-refractivity contribution in [2.75, 3.05) is 7.11 Å². The van der Waals surface area contributed by atoms with Gasteiger partial charge in [0.25, 0.3) is 0 Å². The number of ether oxygens (including phenoxy) is 2. The Balaban J connectivity index is 1.81. The fraction of sp³-hybridized carbons (Fsp3) is 0.450. The fourth-order valence-corrected chi connectivity index (χ4v) is 3.59. The van der Waals surface area contributed by atoms with Crippen molar-refractivity contribution in [2.45, 2.75) is 51.2 Å². The highest BCUT2D eigenvalue weighted by Crippen LogP contribution is 2.35. The van der Waals surface area contributed by atoms with Crippen molar-refractivity contribution in [3.63, 3.8) is 0 Å². The largest absolute Gasteiger partial charge is 0.493 e. The second kappa shape index (κ2) is 8.07. The zero-order valence-electron chi connectivity index (χ0n) is 14.7. The molecule has 1 heterocycles. The van der Waals surface area contributed by atoms with Crippen LogP contribution in [0, 0.1) is 6.92 Å². The van der Waals surface area contributed by atoms with Crippen molar-refractivity contribution in [3.05, 3.63) is 52.3 Å². The van der Waals surface area contributed by atoms with Gasteiger partial charge in [-0.15, -0.1) is 0 Å². The van der Waals surface area contributed by atoms with E-state index < -0.39 is 6.10 Å². The number of methoxy groups -OCH3 is 1. The van der Waals surface area contributed by atoms with E-state index in [4.69, 9.17) is 21.1 Å². The molecule has 3 rings (SSSR count). The molecule has 1 aromatic heterocycles. The molecule has 1 aliphatic carbocycles. The minimum absolute atomic E-state index is 0.234. The molecule has 1 atom stereocenters. The van der Waals surface area contributed by atoms with Crippen LogP contribution in [0.3, 0.4) is 0 Å². The lowest BCUT2D eigenvalue weighted by Gasteiger charge is -2.19. The van der Waals surface area contributed by atoms with Crippen LogP contribution in [0.5, 0.6) is 11.5 Å². The molecule has 25 heavy (non-hydrogen) atoms. The minimum Gasteiger partial charge on any atom is -0.493 e. The number of hydrogen-bond acceptors (Lipinski definition) is 4. The summed E-state index contributed by atoms with van der Waals surface area (Å²) < 4.78 is 11.5. The summed E-state index contributed by atoms with van der Waals surface area (Å²) in [5, 5.41) is 11.3. The highest BCUT2D eigenvalue weighted by molar-refractivity contribution is 6.31. The number of pyridine rings is 1. The van der Waals surface area contributed by atoms with Gasteiger partial charge in [0.1, 0.15) is 0 Å². The second-order valence-electron chi connectivity index (χ2n) is 6.57. The van der Waals surface area contributed by atoms with E-state index in [0.29, 0.717) is 22.9 Å². The van der Waals surface area contributed by atoms with Gasteiger partial charge in [0.2, 0.25) is 0 Å². The molecule has 1 aliphatic rings. The van der Waals surface area contributed by atoms with E-state index in [2.05, 4.69) is 4.98 Å². The van der Waals surface area contributed by atoms with E-state index in [1.165, 1.54) is 12.8 Å². The molecule has 5 heteroatoms. The maximum absolute atomic E-state index is 10.7. The molecule has 0 spiro atoms. The van der Waals surface area contributed by atoms with E-state index in [1.54, 1.807) is 19.5 Å². The Morgan fingerprint density at radius 1 is 1.24 bits per heavy atom. The third-order valence-corrected chi connectivity index (χ3v) is 5.11. The van der Waals surface area contributed by atoms with E-state index >= 15 is 0 Å². The van der Waals surface area contributed by atoms with Crippen LogP contribution >= 0.6 is 11.6 Å². The average molecular weight is 362 g/mol. The molecule has 0 aliphatic heterocycles. The van der Waals surface area contributed by atoms with Gasteiger partial charge in [-0.3, -0.25) is 4.98 Å². The summed E-state index contributed by atoms with van der Waals surface area (Å²) in [5.74, 6) is 1.39. The average Bonchev–Trinajstić information content (AvgIpc) is 3.11. The van der Waals surface area contributed by atoms with Crippen LogP contribution in [0.15, 0.2) is 30.6 Å². The number of aliphatic hydroxyl groups excluding tert-OH is 1. The molecule has 2 aromatic rings. The van der Waals surface area contributed by atoms with Gasteiger partial charge < -0.3 is 14.6 Å². The zero-order valence-corrected chi connectivity index (χ0v) is 15.4. The number of benzene rings is 1. The standard InChI is InChI=1S/C20H24ClNO3/c1-13-11-22-12-17(21)16(13)10-18(23)14-7-8-19(24-2)20(9-14)25-15-5-3-4-6-15/h7-9,11-12,15,18,23H,3-6,10H2,1-2H3. The molecule has 0 radical (unpaired) electrons. The lowest BCUT2D eigenvalue weighted by molar-refractivity contribution is 0.174. The van der Waals surface area contributed by atoms with Gasteiger partial charge in [-0.2, -0.15) is 0 Å². The van der Waals surface area contributed by atoms with Gasteiger partial charge in [0, 0.05) is 18.8 Å². The van der Waals surface area contributed by atoms with Gasteiger partial charge >= 0.3 is 0 Å². The van der Waals surface area contributed by atoms with Crippen molar-refractivity contribution in [1.82, 2.24) is 4.98 Å². The molecule has 134 valence electrons. The molecule has 1 aromatic carbocycles. The van der Waals surface area contributed by atoms with Crippen molar-refractivity contribution >= 4 is 11.6 Å². The minimum atomic E-state index is -0.671. The summed E-state index contributed by atoms with van der Waals surface area (Å²) in [6.45, 7) is 1.95.